The molecular formula is C12H19FN2O2. The Morgan fingerprint density at radius 2 is 1.76 bits per heavy atom. The van der Waals surface area contributed by atoms with E-state index in [0.29, 0.717) is 32.0 Å². The molecule has 0 fully saturated rings. The number of hydrogen-bond acceptors (Lipinski definition) is 4. The molecule has 0 amide bonds. The molecule has 96 valence electrons. The quantitative estimate of drug-likeness (QED) is 0.736. The minimum Gasteiger partial charge on any atom is -0.395 e. The van der Waals surface area contributed by atoms with Gasteiger partial charge in [0, 0.05) is 27.3 Å². The third-order valence-electron chi connectivity index (χ3n) is 2.50. The second-order valence-electron chi connectivity index (χ2n) is 3.65. The fourth-order valence-corrected chi connectivity index (χ4v) is 1.56. The molecule has 1 aromatic carbocycles. The number of para-hydroxylation sites is 1. The Morgan fingerprint density at radius 1 is 1.18 bits per heavy atom. The van der Waals surface area contributed by atoms with Crippen LogP contribution in [0.3, 0.4) is 0 Å². The Kier molecular flexibility index (Phi) is 5.72. The summed E-state index contributed by atoms with van der Waals surface area (Å²) in [5.41, 5.74) is 6.57. The van der Waals surface area contributed by atoms with Gasteiger partial charge in [-0.1, -0.05) is 6.07 Å². The van der Waals surface area contributed by atoms with E-state index < -0.39 is 5.82 Å². The third kappa shape index (κ3) is 3.87. The molecule has 1 aromatic rings. The van der Waals surface area contributed by atoms with E-state index in [-0.39, 0.29) is 5.69 Å². The van der Waals surface area contributed by atoms with Crippen LogP contribution in [0.15, 0.2) is 18.2 Å². The van der Waals surface area contributed by atoms with Crippen molar-refractivity contribution in [3.63, 3.8) is 0 Å². The second kappa shape index (κ2) is 7.09. The summed E-state index contributed by atoms with van der Waals surface area (Å²) in [4.78, 5) is 1.95. The molecule has 4 nitrogen and oxygen atoms in total. The number of halogens is 1. The lowest BCUT2D eigenvalue weighted by Crippen LogP contribution is -2.31. The van der Waals surface area contributed by atoms with Gasteiger partial charge in [-0.25, -0.2) is 4.39 Å². The lowest BCUT2D eigenvalue weighted by Gasteiger charge is -2.25. The number of nitrogens with two attached hydrogens (primary N) is 1. The smallest absolute Gasteiger partial charge is 0.148 e. The zero-order chi connectivity index (χ0) is 12.7. The standard InChI is InChI=1S/C12H19FN2O2/c1-16-8-6-15(7-9-17-2)11-5-3-4-10(13)12(11)14/h3-5H,6-9,14H2,1-2H3. The van der Waals surface area contributed by atoms with Crippen molar-refractivity contribution in [2.45, 2.75) is 0 Å². The maximum atomic E-state index is 13.4. The molecule has 0 heterocycles. The van der Waals surface area contributed by atoms with Crippen LogP contribution in [0.2, 0.25) is 0 Å². The number of rotatable bonds is 7. The molecule has 0 aliphatic rings. The van der Waals surface area contributed by atoms with Crippen molar-refractivity contribution in [2.75, 3.05) is 51.2 Å². The molecule has 0 unspecified atom stereocenters. The van der Waals surface area contributed by atoms with Gasteiger partial charge in [-0.05, 0) is 12.1 Å². The highest BCUT2D eigenvalue weighted by atomic mass is 19.1. The molecule has 0 bridgehead atoms. The van der Waals surface area contributed by atoms with Gasteiger partial charge in [-0.3, -0.25) is 0 Å². The van der Waals surface area contributed by atoms with Gasteiger partial charge in [0.25, 0.3) is 0 Å². The minimum atomic E-state index is -0.401. The third-order valence-corrected chi connectivity index (χ3v) is 2.50. The average Bonchev–Trinajstić information content (AvgIpc) is 2.34. The normalized spacial score (nSPS) is 10.5. The number of methoxy groups -OCH3 is 2. The highest BCUT2D eigenvalue weighted by molar-refractivity contribution is 5.68. The Morgan fingerprint density at radius 3 is 2.29 bits per heavy atom. The summed E-state index contributed by atoms with van der Waals surface area (Å²) in [5.74, 6) is -0.401. The van der Waals surface area contributed by atoms with Crippen molar-refractivity contribution in [3.8, 4) is 0 Å². The summed E-state index contributed by atoms with van der Waals surface area (Å²) in [6, 6.07) is 4.79. The van der Waals surface area contributed by atoms with Crippen molar-refractivity contribution in [1.82, 2.24) is 0 Å². The molecule has 0 atom stereocenters. The summed E-state index contributed by atoms with van der Waals surface area (Å²) < 4.78 is 23.4. The first-order valence-electron chi connectivity index (χ1n) is 5.47. The van der Waals surface area contributed by atoms with E-state index in [1.54, 1.807) is 26.4 Å². The predicted octanol–water partition coefficient (Wildman–Crippen LogP) is 1.51. The average molecular weight is 242 g/mol. The molecule has 0 aromatic heterocycles. The SMILES string of the molecule is COCCN(CCOC)c1cccc(F)c1N. The van der Waals surface area contributed by atoms with Crippen LogP contribution in [0.25, 0.3) is 0 Å². The molecular weight excluding hydrogens is 223 g/mol. The minimum absolute atomic E-state index is 0.166. The van der Waals surface area contributed by atoms with Crippen LogP contribution in [0.1, 0.15) is 0 Å². The number of nitrogen functional groups attached to an aromatic ring is 1. The zero-order valence-electron chi connectivity index (χ0n) is 10.3. The number of ether oxygens (including phenoxy) is 2. The van der Waals surface area contributed by atoms with Gasteiger partial charge < -0.3 is 20.1 Å². The predicted molar refractivity (Wildman–Crippen MR) is 66.8 cm³/mol. The maximum absolute atomic E-state index is 13.4. The Labute approximate surface area is 101 Å². The molecule has 2 N–H and O–H groups in total. The number of nitrogens with zero attached hydrogens (tertiary/aromatic N) is 1. The second-order valence-corrected chi connectivity index (χ2v) is 3.65. The van der Waals surface area contributed by atoms with Crippen molar-refractivity contribution >= 4 is 11.4 Å². The van der Waals surface area contributed by atoms with Gasteiger partial charge >= 0.3 is 0 Å². The first-order chi connectivity index (χ1) is 8.20. The van der Waals surface area contributed by atoms with Gasteiger partial charge in [0.15, 0.2) is 0 Å². The van der Waals surface area contributed by atoms with Crippen molar-refractivity contribution in [2.24, 2.45) is 0 Å². The molecule has 0 saturated carbocycles. The molecule has 5 heteroatoms. The summed E-state index contributed by atoms with van der Waals surface area (Å²) in [6.07, 6.45) is 0. The summed E-state index contributed by atoms with van der Waals surface area (Å²) in [6.45, 7) is 2.40. The number of hydrogen-bond donors (Lipinski definition) is 1. The van der Waals surface area contributed by atoms with Crippen LogP contribution in [0.5, 0.6) is 0 Å². The van der Waals surface area contributed by atoms with Crippen LogP contribution < -0.4 is 10.6 Å². The maximum Gasteiger partial charge on any atom is 0.148 e. The van der Waals surface area contributed by atoms with Crippen molar-refractivity contribution < 1.29 is 13.9 Å². The van der Waals surface area contributed by atoms with Gasteiger partial charge in [-0.2, -0.15) is 0 Å². The largest absolute Gasteiger partial charge is 0.395 e. The van der Waals surface area contributed by atoms with Crippen LogP contribution >= 0.6 is 0 Å². The lowest BCUT2D eigenvalue weighted by molar-refractivity contribution is 0.190. The summed E-state index contributed by atoms with van der Waals surface area (Å²) >= 11 is 0. The molecule has 17 heavy (non-hydrogen) atoms. The van der Waals surface area contributed by atoms with Gasteiger partial charge in [-0.15, -0.1) is 0 Å². The van der Waals surface area contributed by atoms with Crippen molar-refractivity contribution in [1.29, 1.82) is 0 Å². The van der Waals surface area contributed by atoms with Gasteiger partial charge in [0.05, 0.1) is 24.6 Å². The molecule has 0 aliphatic carbocycles. The zero-order valence-corrected chi connectivity index (χ0v) is 10.3. The van der Waals surface area contributed by atoms with Crippen LogP contribution in [-0.2, 0) is 9.47 Å². The van der Waals surface area contributed by atoms with E-state index in [1.165, 1.54) is 6.07 Å². The van der Waals surface area contributed by atoms with E-state index in [1.807, 2.05) is 4.90 Å². The van der Waals surface area contributed by atoms with Gasteiger partial charge in [0.1, 0.15) is 5.82 Å². The van der Waals surface area contributed by atoms with Gasteiger partial charge in [0.2, 0.25) is 0 Å². The fraction of sp³-hybridized carbons (Fsp3) is 0.500. The molecule has 0 saturated heterocycles. The van der Waals surface area contributed by atoms with Crippen LogP contribution in [-0.4, -0.2) is 40.5 Å². The van der Waals surface area contributed by atoms with E-state index in [2.05, 4.69) is 0 Å². The highest BCUT2D eigenvalue weighted by Crippen LogP contribution is 2.25. The van der Waals surface area contributed by atoms with E-state index in [9.17, 15) is 4.39 Å². The van der Waals surface area contributed by atoms with E-state index >= 15 is 0 Å². The first-order valence-corrected chi connectivity index (χ1v) is 5.47. The lowest BCUT2D eigenvalue weighted by atomic mass is 10.2. The number of benzene rings is 1. The molecule has 0 spiro atoms. The number of anilines is 2. The van der Waals surface area contributed by atoms with Crippen LogP contribution in [0.4, 0.5) is 15.8 Å². The monoisotopic (exact) mass is 242 g/mol. The molecule has 1 rings (SSSR count). The van der Waals surface area contributed by atoms with Crippen molar-refractivity contribution in [3.05, 3.63) is 24.0 Å². The topological polar surface area (TPSA) is 47.7 Å². The van der Waals surface area contributed by atoms with E-state index in [4.69, 9.17) is 15.2 Å². The first kappa shape index (κ1) is 13.7. The van der Waals surface area contributed by atoms with E-state index in [0.717, 1.165) is 0 Å². The summed E-state index contributed by atoms with van der Waals surface area (Å²) in [7, 11) is 3.26. The summed E-state index contributed by atoms with van der Waals surface area (Å²) in [5, 5.41) is 0. The molecule has 0 radical (unpaired) electrons. The molecule has 0 aliphatic heterocycles. The Balaban J connectivity index is 2.83. The highest BCUT2D eigenvalue weighted by Gasteiger charge is 2.11. The fourth-order valence-electron chi connectivity index (χ4n) is 1.56. The van der Waals surface area contributed by atoms with Crippen LogP contribution in [0, 0.1) is 5.82 Å². The Hall–Kier alpha value is -1.33. The Bertz CT molecular complexity index is 339.